The zero-order valence-electron chi connectivity index (χ0n) is 16.5. The Morgan fingerprint density at radius 2 is 1.92 bits per heavy atom. The van der Waals surface area contributed by atoms with Crippen LogP contribution in [0.3, 0.4) is 0 Å². The van der Waals surface area contributed by atoms with Gasteiger partial charge in [-0.2, -0.15) is 0 Å². The van der Waals surface area contributed by atoms with Crippen molar-refractivity contribution >= 4 is 52.6 Å². The average molecular weight is 508 g/mol. The van der Waals surface area contributed by atoms with Crippen LogP contribution in [0.5, 0.6) is 0 Å². The standard InChI is InChI=1S/C18H29N5S2.HI/c1-7-19-17(21-10-14-12(2)22-13(3)25-14)20-9-8-16-23-15(11-24-16)18(4,5)6;/h11H,7-10H2,1-6H3,(H2,19,20,21);1H. The molecule has 2 rings (SSSR count). The predicted octanol–water partition coefficient (Wildman–Crippen LogP) is 4.43. The third-order valence-electron chi connectivity index (χ3n) is 3.68. The smallest absolute Gasteiger partial charge is 0.191 e. The van der Waals surface area contributed by atoms with Crippen molar-refractivity contribution in [2.24, 2.45) is 4.99 Å². The van der Waals surface area contributed by atoms with Crippen LogP contribution < -0.4 is 10.6 Å². The maximum Gasteiger partial charge on any atom is 0.191 e. The van der Waals surface area contributed by atoms with E-state index in [1.807, 2.05) is 13.8 Å². The van der Waals surface area contributed by atoms with Crippen LogP contribution in [0.4, 0.5) is 0 Å². The van der Waals surface area contributed by atoms with Crippen LogP contribution in [0.25, 0.3) is 0 Å². The van der Waals surface area contributed by atoms with Crippen molar-refractivity contribution < 1.29 is 0 Å². The first-order valence-electron chi connectivity index (χ1n) is 8.69. The lowest BCUT2D eigenvalue weighted by Crippen LogP contribution is -2.38. The van der Waals surface area contributed by atoms with Crippen molar-refractivity contribution in [1.82, 2.24) is 20.6 Å². The molecule has 2 heterocycles. The first-order valence-corrected chi connectivity index (χ1v) is 10.4. The van der Waals surface area contributed by atoms with E-state index in [1.54, 1.807) is 22.7 Å². The summed E-state index contributed by atoms with van der Waals surface area (Å²) in [4.78, 5) is 15.1. The van der Waals surface area contributed by atoms with Gasteiger partial charge in [-0.25, -0.2) is 15.0 Å². The predicted molar refractivity (Wildman–Crippen MR) is 124 cm³/mol. The van der Waals surface area contributed by atoms with E-state index < -0.39 is 0 Å². The van der Waals surface area contributed by atoms with Gasteiger partial charge in [0.05, 0.1) is 27.9 Å². The minimum absolute atomic E-state index is 0. The van der Waals surface area contributed by atoms with Crippen molar-refractivity contribution in [2.75, 3.05) is 13.1 Å². The summed E-state index contributed by atoms with van der Waals surface area (Å²) in [5.41, 5.74) is 2.37. The van der Waals surface area contributed by atoms with Gasteiger partial charge in [0.15, 0.2) is 5.96 Å². The van der Waals surface area contributed by atoms with Crippen LogP contribution in [0.1, 0.15) is 54.0 Å². The Balaban J connectivity index is 0.00000338. The molecule has 0 unspecified atom stereocenters. The zero-order chi connectivity index (χ0) is 18.4. The summed E-state index contributed by atoms with van der Waals surface area (Å²) in [6.07, 6.45) is 0.907. The Bertz CT molecular complexity index is 715. The molecule has 0 aliphatic heterocycles. The molecule has 0 aromatic carbocycles. The largest absolute Gasteiger partial charge is 0.357 e. The van der Waals surface area contributed by atoms with Gasteiger partial charge in [-0.1, -0.05) is 20.8 Å². The zero-order valence-corrected chi connectivity index (χ0v) is 20.4. The number of nitrogens with one attached hydrogen (secondary N) is 2. The SMILES string of the molecule is CCNC(=NCc1sc(C)nc1C)NCCc1nc(C(C)(C)C)cs1.I. The minimum Gasteiger partial charge on any atom is -0.357 e. The number of thiazole rings is 2. The van der Waals surface area contributed by atoms with E-state index in [4.69, 9.17) is 4.98 Å². The fourth-order valence-corrected chi connectivity index (χ4v) is 4.16. The summed E-state index contributed by atoms with van der Waals surface area (Å²) in [5.74, 6) is 0.848. The lowest BCUT2D eigenvalue weighted by molar-refractivity contribution is 0.570. The van der Waals surface area contributed by atoms with E-state index in [0.717, 1.165) is 36.2 Å². The van der Waals surface area contributed by atoms with Crippen molar-refractivity contribution in [1.29, 1.82) is 0 Å². The number of aliphatic imine (C=N–C) groups is 1. The summed E-state index contributed by atoms with van der Waals surface area (Å²) in [6.45, 7) is 15.1. The van der Waals surface area contributed by atoms with Gasteiger partial charge in [0, 0.05) is 35.2 Å². The monoisotopic (exact) mass is 507 g/mol. The fourth-order valence-electron chi connectivity index (χ4n) is 2.27. The number of aromatic nitrogens is 2. The Labute approximate surface area is 182 Å². The topological polar surface area (TPSA) is 62.2 Å². The molecule has 0 atom stereocenters. The Kier molecular flexibility index (Phi) is 9.46. The van der Waals surface area contributed by atoms with Gasteiger partial charge in [0.25, 0.3) is 0 Å². The Hall–Kier alpha value is -0.740. The lowest BCUT2D eigenvalue weighted by atomic mass is 9.93. The quantitative estimate of drug-likeness (QED) is 0.345. The molecule has 2 N–H and O–H groups in total. The lowest BCUT2D eigenvalue weighted by Gasteiger charge is -2.14. The highest BCUT2D eigenvalue weighted by molar-refractivity contribution is 14.0. The maximum atomic E-state index is 4.74. The van der Waals surface area contributed by atoms with Crippen LogP contribution in [0.2, 0.25) is 0 Å². The molecule has 5 nitrogen and oxygen atoms in total. The molecule has 0 saturated heterocycles. The number of nitrogens with zero attached hydrogens (tertiary/aromatic N) is 3. The molecule has 2 aromatic heterocycles. The van der Waals surface area contributed by atoms with E-state index >= 15 is 0 Å². The van der Waals surface area contributed by atoms with Crippen molar-refractivity contribution in [3.8, 4) is 0 Å². The molecule has 26 heavy (non-hydrogen) atoms. The molecular weight excluding hydrogens is 477 g/mol. The van der Waals surface area contributed by atoms with Gasteiger partial charge in [-0.15, -0.1) is 46.7 Å². The van der Waals surface area contributed by atoms with Gasteiger partial charge in [-0.3, -0.25) is 0 Å². The van der Waals surface area contributed by atoms with Crippen LogP contribution in [-0.4, -0.2) is 29.0 Å². The van der Waals surface area contributed by atoms with E-state index in [9.17, 15) is 0 Å². The first kappa shape index (κ1) is 23.3. The number of halogens is 1. The Morgan fingerprint density at radius 3 is 2.46 bits per heavy atom. The van der Waals surface area contributed by atoms with Crippen molar-refractivity contribution in [3.05, 3.63) is 31.7 Å². The fraction of sp³-hybridized carbons (Fsp3) is 0.611. The van der Waals surface area contributed by atoms with E-state index in [2.05, 4.69) is 53.7 Å². The van der Waals surface area contributed by atoms with E-state index in [-0.39, 0.29) is 29.4 Å². The summed E-state index contributed by atoms with van der Waals surface area (Å²) in [6, 6.07) is 0. The van der Waals surface area contributed by atoms with Crippen LogP contribution in [-0.2, 0) is 18.4 Å². The first-order chi connectivity index (χ1) is 11.8. The molecule has 0 aliphatic rings. The highest BCUT2D eigenvalue weighted by Crippen LogP contribution is 2.23. The second-order valence-corrected chi connectivity index (χ2v) is 9.22. The van der Waals surface area contributed by atoms with Gasteiger partial charge >= 0.3 is 0 Å². The van der Waals surface area contributed by atoms with E-state index in [0.29, 0.717) is 6.54 Å². The second kappa shape index (κ2) is 10.6. The van der Waals surface area contributed by atoms with E-state index in [1.165, 1.54) is 15.6 Å². The summed E-state index contributed by atoms with van der Waals surface area (Å²) in [7, 11) is 0. The van der Waals surface area contributed by atoms with Gasteiger partial charge in [0.2, 0.25) is 0 Å². The van der Waals surface area contributed by atoms with Crippen LogP contribution in [0, 0.1) is 13.8 Å². The highest BCUT2D eigenvalue weighted by Gasteiger charge is 2.17. The van der Waals surface area contributed by atoms with Gasteiger partial charge in [0.1, 0.15) is 0 Å². The van der Waals surface area contributed by atoms with Gasteiger partial charge in [-0.05, 0) is 20.8 Å². The number of guanidine groups is 1. The molecule has 2 aromatic rings. The average Bonchev–Trinajstić information content (AvgIpc) is 3.11. The summed E-state index contributed by atoms with van der Waals surface area (Å²) < 4.78 is 0. The second-order valence-electron chi connectivity index (χ2n) is 6.99. The molecule has 0 radical (unpaired) electrons. The number of aryl methyl sites for hydroxylation is 2. The molecule has 0 aliphatic carbocycles. The molecule has 8 heteroatoms. The summed E-state index contributed by atoms with van der Waals surface area (Å²) in [5, 5.41) is 11.1. The molecule has 0 spiro atoms. The Morgan fingerprint density at radius 1 is 1.19 bits per heavy atom. The number of hydrogen-bond donors (Lipinski definition) is 2. The van der Waals surface area contributed by atoms with Crippen LogP contribution >= 0.6 is 46.7 Å². The highest BCUT2D eigenvalue weighted by atomic mass is 127. The third-order valence-corrected chi connectivity index (χ3v) is 5.64. The molecule has 146 valence electrons. The summed E-state index contributed by atoms with van der Waals surface area (Å²) >= 11 is 3.46. The van der Waals surface area contributed by atoms with Crippen molar-refractivity contribution in [3.63, 3.8) is 0 Å². The molecule has 0 saturated carbocycles. The molecular formula is C18H30IN5S2. The van der Waals surface area contributed by atoms with Crippen molar-refractivity contribution in [2.45, 2.75) is 59.9 Å². The third kappa shape index (κ3) is 7.11. The van der Waals surface area contributed by atoms with Gasteiger partial charge < -0.3 is 10.6 Å². The molecule has 0 amide bonds. The number of rotatable bonds is 6. The minimum atomic E-state index is 0. The normalized spacial score (nSPS) is 12.0. The maximum absolute atomic E-state index is 4.74. The van der Waals surface area contributed by atoms with Crippen LogP contribution in [0.15, 0.2) is 10.4 Å². The molecule has 0 bridgehead atoms. The molecule has 0 fully saturated rings. The number of hydrogen-bond acceptors (Lipinski definition) is 5.